The molecule has 0 saturated heterocycles. The van der Waals surface area contributed by atoms with E-state index in [0.29, 0.717) is 17.0 Å². The molecule has 0 spiro atoms. The van der Waals surface area contributed by atoms with E-state index in [1.54, 1.807) is 34.9 Å². The lowest BCUT2D eigenvalue weighted by Gasteiger charge is -2.07. The van der Waals surface area contributed by atoms with Crippen LogP contribution in [0.15, 0.2) is 81.4 Å². The van der Waals surface area contributed by atoms with E-state index in [4.69, 9.17) is 23.8 Å². The molecule has 1 aromatic heterocycles. The summed E-state index contributed by atoms with van der Waals surface area (Å²) in [5.41, 5.74) is 2.20. The molecule has 0 unspecified atom stereocenters. The summed E-state index contributed by atoms with van der Waals surface area (Å²) in [4.78, 5) is 0. The summed E-state index contributed by atoms with van der Waals surface area (Å²) in [5, 5.41) is 23.0. The molecule has 0 saturated carbocycles. The van der Waals surface area contributed by atoms with E-state index in [2.05, 4.69) is 31.5 Å². The minimum absolute atomic E-state index is 0.0295. The van der Waals surface area contributed by atoms with Gasteiger partial charge in [0.1, 0.15) is 5.82 Å². The Bertz CT molecular complexity index is 1310. The first kappa shape index (κ1) is 21.4. The lowest BCUT2D eigenvalue weighted by Crippen LogP contribution is -2.06. The lowest BCUT2D eigenvalue weighted by atomic mass is 10.2. The van der Waals surface area contributed by atoms with Gasteiger partial charge in [-0.3, -0.25) is 0 Å². The smallest absolute Gasteiger partial charge is 0.221 e. The minimum atomic E-state index is -0.452. The van der Waals surface area contributed by atoms with E-state index in [0.717, 1.165) is 15.6 Å². The molecule has 0 fully saturated rings. The van der Waals surface area contributed by atoms with Crippen molar-refractivity contribution >= 4 is 67.1 Å². The number of aromatic nitrogens is 1. The van der Waals surface area contributed by atoms with Crippen LogP contribution in [0.5, 0.6) is 5.88 Å². The van der Waals surface area contributed by atoms with Crippen LogP contribution in [0.2, 0.25) is 5.02 Å². The Labute approximate surface area is 196 Å². The third-order valence-electron chi connectivity index (χ3n) is 4.58. The fourth-order valence-electron chi connectivity index (χ4n) is 3.12. The van der Waals surface area contributed by atoms with Crippen LogP contribution in [0.3, 0.4) is 0 Å². The summed E-state index contributed by atoms with van der Waals surface area (Å²) in [7, 11) is 0. The highest BCUT2D eigenvalue weighted by molar-refractivity contribution is 9.10. The highest BCUT2D eigenvalue weighted by Gasteiger charge is 2.17. The van der Waals surface area contributed by atoms with Gasteiger partial charge in [-0.25, -0.2) is 4.39 Å². The SMILES string of the molecule is Oc1c(N=NC(=S)Nc2ccccc2F)c2cc(Br)ccc2n1Cc1ccc(Cl)cc1. The second-order valence-electron chi connectivity index (χ2n) is 6.66. The maximum Gasteiger partial charge on any atom is 0.221 e. The summed E-state index contributed by atoms with van der Waals surface area (Å²) >= 11 is 14.6. The Balaban J connectivity index is 1.68. The number of benzene rings is 3. The summed E-state index contributed by atoms with van der Waals surface area (Å²) in [5.74, 6) is -0.508. The molecule has 0 atom stereocenters. The minimum Gasteiger partial charge on any atom is -0.493 e. The van der Waals surface area contributed by atoms with Gasteiger partial charge in [0.2, 0.25) is 11.0 Å². The van der Waals surface area contributed by atoms with Crippen molar-refractivity contribution in [3.8, 4) is 5.88 Å². The monoisotopic (exact) mass is 516 g/mol. The second-order valence-corrected chi connectivity index (χ2v) is 8.40. The zero-order valence-corrected chi connectivity index (χ0v) is 19.0. The van der Waals surface area contributed by atoms with E-state index in [1.807, 2.05) is 30.3 Å². The molecule has 4 rings (SSSR count). The number of hydrogen-bond donors (Lipinski definition) is 2. The van der Waals surface area contributed by atoms with Crippen LogP contribution < -0.4 is 5.32 Å². The predicted molar refractivity (Wildman–Crippen MR) is 129 cm³/mol. The summed E-state index contributed by atoms with van der Waals surface area (Å²) in [6.07, 6.45) is 0. The molecule has 0 aliphatic carbocycles. The molecule has 3 aromatic carbocycles. The van der Waals surface area contributed by atoms with Gasteiger partial charge in [-0.15, -0.1) is 10.2 Å². The number of halogens is 3. The average molecular weight is 518 g/mol. The topological polar surface area (TPSA) is 61.9 Å². The number of azo groups is 1. The first-order chi connectivity index (χ1) is 14.9. The Hall–Kier alpha value is -2.81. The Morgan fingerprint density at radius 3 is 2.61 bits per heavy atom. The molecule has 4 aromatic rings. The number of nitrogens with one attached hydrogen (secondary N) is 1. The molecule has 5 nitrogen and oxygen atoms in total. The maximum absolute atomic E-state index is 13.8. The zero-order chi connectivity index (χ0) is 22.0. The lowest BCUT2D eigenvalue weighted by molar-refractivity contribution is 0.429. The van der Waals surface area contributed by atoms with E-state index >= 15 is 0 Å². The van der Waals surface area contributed by atoms with E-state index in [-0.39, 0.29) is 22.4 Å². The number of aromatic hydroxyl groups is 1. The zero-order valence-electron chi connectivity index (χ0n) is 15.9. The summed E-state index contributed by atoms with van der Waals surface area (Å²) in [6, 6.07) is 19.1. The van der Waals surface area contributed by atoms with Crippen molar-refractivity contribution in [2.75, 3.05) is 5.32 Å². The highest BCUT2D eigenvalue weighted by atomic mass is 79.9. The number of nitrogens with zero attached hydrogens (tertiary/aromatic N) is 3. The van der Waals surface area contributed by atoms with Crippen molar-refractivity contribution in [2.45, 2.75) is 6.54 Å². The number of rotatable bonds is 4. The van der Waals surface area contributed by atoms with Crippen molar-refractivity contribution in [2.24, 2.45) is 10.2 Å². The molecule has 31 heavy (non-hydrogen) atoms. The summed E-state index contributed by atoms with van der Waals surface area (Å²) in [6.45, 7) is 0.411. The first-order valence-electron chi connectivity index (χ1n) is 9.15. The van der Waals surface area contributed by atoms with Gasteiger partial charge in [0.15, 0.2) is 5.69 Å². The number of thiocarbonyl (C=S) groups is 1. The van der Waals surface area contributed by atoms with E-state index < -0.39 is 5.82 Å². The molecule has 0 aliphatic heterocycles. The van der Waals surface area contributed by atoms with Crippen molar-refractivity contribution in [1.29, 1.82) is 0 Å². The van der Waals surface area contributed by atoms with Crippen LogP contribution in [0.25, 0.3) is 10.9 Å². The van der Waals surface area contributed by atoms with Crippen LogP contribution in [0.1, 0.15) is 5.56 Å². The van der Waals surface area contributed by atoms with Gasteiger partial charge in [-0.2, -0.15) is 0 Å². The summed E-state index contributed by atoms with van der Waals surface area (Å²) < 4.78 is 16.4. The molecule has 1 heterocycles. The Morgan fingerprint density at radius 1 is 1.13 bits per heavy atom. The van der Waals surface area contributed by atoms with Crippen LogP contribution in [0, 0.1) is 5.82 Å². The van der Waals surface area contributed by atoms with Gasteiger partial charge in [-0.1, -0.05) is 51.8 Å². The quantitative estimate of drug-likeness (QED) is 0.218. The fraction of sp³-hybridized carbons (Fsp3) is 0.0455. The van der Waals surface area contributed by atoms with Crippen LogP contribution in [-0.2, 0) is 6.54 Å². The van der Waals surface area contributed by atoms with Gasteiger partial charge >= 0.3 is 0 Å². The Morgan fingerprint density at radius 2 is 1.87 bits per heavy atom. The molecule has 0 amide bonds. The van der Waals surface area contributed by atoms with Crippen molar-refractivity contribution in [3.05, 3.63) is 87.6 Å². The van der Waals surface area contributed by atoms with Gasteiger partial charge in [0, 0.05) is 14.9 Å². The normalized spacial score (nSPS) is 11.3. The third kappa shape index (κ3) is 4.76. The highest BCUT2D eigenvalue weighted by Crippen LogP contribution is 2.40. The second kappa shape index (κ2) is 9.13. The molecule has 0 bridgehead atoms. The fourth-order valence-corrected chi connectivity index (χ4v) is 3.76. The predicted octanol–water partition coefficient (Wildman–Crippen LogP) is 7.43. The Kier molecular flexibility index (Phi) is 6.31. The number of anilines is 1. The molecular weight excluding hydrogens is 503 g/mol. The van der Waals surface area contributed by atoms with Gasteiger partial charge in [0.25, 0.3) is 0 Å². The van der Waals surface area contributed by atoms with Gasteiger partial charge in [0.05, 0.1) is 17.7 Å². The van der Waals surface area contributed by atoms with Crippen LogP contribution >= 0.6 is 39.7 Å². The number of para-hydroxylation sites is 1. The van der Waals surface area contributed by atoms with Crippen LogP contribution in [-0.4, -0.2) is 14.8 Å². The number of fused-ring (bicyclic) bond motifs is 1. The molecular formula is C22H15BrClFN4OS. The maximum atomic E-state index is 13.8. The van der Waals surface area contributed by atoms with E-state index in [1.165, 1.54) is 6.07 Å². The third-order valence-corrected chi connectivity index (χ3v) is 5.51. The largest absolute Gasteiger partial charge is 0.493 e. The van der Waals surface area contributed by atoms with E-state index in [9.17, 15) is 9.50 Å². The average Bonchev–Trinajstić information content (AvgIpc) is 3.00. The molecule has 0 radical (unpaired) electrons. The van der Waals surface area contributed by atoms with Gasteiger partial charge in [-0.05, 0) is 60.2 Å². The molecule has 9 heteroatoms. The van der Waals surface area contributed by atoms with Crippen LogP contribution in [0.4, 0.5) is 15.8 Å². The first-order valence-corrected chi connectivity index (χ1v) is 10.7. The molecule has 156 valence electrons. The standard InChI is InChI=1S/C22H15BrClFN4OS/c23-14-7-10-19-16(11-14)20(21(30)29(19)12-13-5-8-15(24)9-6-13)27-28-22(31)26-18-4-2-1-3-17(18)25/h1-11,30H,12H2,(H,26,31). The molecule has 2 N–H and O–H groups in total. The molecule has 0 aliphatic rings. The van der Waals surface area contributed by atoms with Crippen molar-refractivity contribution < 1.29 is 9.50 Å². The van der Waals surface area contributed by atoms with Gasteiger partial charge < -0.3 is 15.0 Å². The number of hydrogen-bond acceptors (Lipinski definition) is 3. The van der Waals surface area contributed by atoms with Crippen molar-refractivity contribution in [1.82, 2.24) is 4.57 Å². The van der Waals surface area contributed by atoms with Crippen molar-refractivity contribution in [3.63, 3.8) is 0 Å².